The van der Waals surface area contributed by atoms with Crippen LogP contribution in [0.3, 0.4) is 0 Å². The highest BCUT2D eigenvalue weighted by Crippen LogP contribution is 2.32. The van der Waals surface area contributed by atoms with Crippen molar-refractivity contribution < 1.29 is 19.0 Å². The highest BCUT2D eigenvalue weighted by molar-refractivity contribution is 5.43. The zero-order chi connectivity index (χ0) is 24.7. The first-order valence-electron chi connectivity index (χ1n) is 11.8. The van der Waals surface area contributed by atoms with E-state index in [0.29, 0.717) is 30.6 Å². The van der Waals surface area contributed by atoms with E-state index in [1.165, 1.54) is 12.1 Å². The summed E-state index contributed by atoms with van der Waals surface area (Å²) in [5.41, 5.74) is 2.63. The molecule has 0 saturated carbocycles. The fraction of sp³-hybridized carbons (Fsp3) is 0.444. The third kappa shape index (κ3) is 7.38. The molecule has 3 rings (SSSR count). The Bertz CT molecular complexity index is 1020. The van der Waals surface area contributed by atoms with Crippen molar-refractivity contribution in [3.63, 3.8) is 0 Å². The van der Waals surface area contributed by atoms with Crippen LogP contribution in [0.4, 0.5) is 4.39 Å². The van der Waals surface area contributed by atoms with Crippen molar-refractivity contribution in [2.75, 3.05) is 19.7 Å². The largest absolute Gasteiger partial charge is 0.439 e. The average molecular weight is 470 g/mol. The maximum Gasteiger partial charge on any atom is 0.227 e. The molecule has 6 nitrogen and oxygen atoms in total. The van der Waals surface area contributed by atoms with Gasteiger partial charge in [-0.05, 0) is 63.1 Å². The van der Waals surface area contributed by atoms with Gasteiger partial charge < -0.3 is 14.6 Å². The SMILES string of the molecule is Cc1nn(-c2ccccc2)c(Oc2ccc(F)cc2)c1CN(CC(C)C)C[C@@H](O)COC(C)C. The molecule has 1 N–H and O–H groups in total. The zero-order valence-corrected chi connectivity index (χ0v) is 20.7. The van der Waals surface area contributed by atoms with Crippen molar-refractivity contribution in [2.24, 2.45) is 5.92 Å². The minimum Gasteiger partial charge on any atom is -0.439 e. The van der Waals surface area contributed by atoms with Gasteiger partial charge in [-0.15, -0.1) is 0 Å². The number of ether oxygens (including phenoxy) is 2. The predicted molar refractivity (Wildman–Crippen MR) is 132 cm³/mol. The molecule has 2 aromatic carbocycles. The minimum absolute atomic E-state index is 0.0651. The highest BCUT2D eigenvalue weighted by Gasteiger charge is 2.23. The van der Waals surface area contributed by atoms with Crippen molar-refractivity contribution in [1.82, 2.24) is 14.7 Å². The van der Waals surface area contributed by atoms with E-state index in [4.69, 9.17) is 14.6 Å². The van der Waals surface area contributed by atoms with Gasteiger partial charge in [0.05, 0.1) is 35.8 Å². The average Bonchev–Trinajstić information content (AvgIpc) is 3.09. The zero-order valence-electron chi connectivity index (χ0n) is 20.7. The van der Waals surface area contributed by atoms with Crippen LogP contribution < -0.4 is 4.74 Å². The van der Waals surface area contributed by atoms with Crippen molar-refractivity contribution in [3.05, 3.63) is 71.7 Å². The Morgan fingerprint density at radius 3 is 2.29 bits per heavy atom. The van der Waals surface area contributed by atoms with Crippen LogP contribution in [0, 0.1) is 18.7 Å². The van der Waals surface area contributed by atoms with Crippen LogP contribution in [-0.4, -0.2) is 51.7 Å². The van der Waals surface area contributed by atoms with Crippen LogP contribution in [-0.2, 0) is 11.3 Å². The van der Waals surface area contributed by atoms with Crippen LogP contribution in [0.25, 0.3) is 5.69 Å². The number of hydrogen-bond acceptors (Lipinski definition) is 5. The third-order valence-corrected chi connectivity index (χ3v) is 5.26. The number of aliphatic hydroxyl groups is 1. The summed E-state index contributed by atoms with van der Waals surface area (Å²) in [5, 5.41) is 15.4. The van der Waals surface area contributed by atoms with E-state index in [1.807, 2.05) is 51.1 Å². The molecule has 0 fully saturated rings. The Morgan fingerprint density at radius 1 is 1.00 bits per heavy atom. The molecule has 0 bridgehead atoms. The third-order valence-electron chi connectivity index (χ3n) is 5.26. The quantitative estimate of drug-likeness (QED) is 0.387. The molecule has 0 aliphatic carbocycles. The van der Waals surface area contributed by atoms with Crippen molar-refractivity contribution in [2.45, 2.75) is 53.4 Å². The molecule has 0 amide bonds. The molecule has 0 saturated heterocycles. The Hall–Kier alpha value is -2.74. The monoisotopic (exact) mass is 469 g/mol. The number of hydrogen-bond donors (Lipinski definition) is 1. The lowest BCUT2D eigenvalue weighted by Crippen LogP contribution is -2.37. The van der Waals surface area contributed by atoms with E-state index < -0.39 is 6.10 Å². The van der Waals surface area contributed by atoms with E-state index in [2.05, 4.69) is 18.7 Å². The second-order valence-corrected chi connectivity index (χ2v) is 9.30. The molecule has 1 heterocycles. The van der Waals surface area contributed by atoms with Gasteiger partial charge in [-0.25, -0.2) is 9.07 Å². The van der Waals surface area contributed by atoms with E-state index in [9.17, 15) is 9.50 Å². The van der Waals surface area contributed by atoms with Crippen LogP contribution >= 0.6 is 0 Å². The Morgan fingerprint density at radius 2 is 1.68 bits per heavy atom. The van der Waals surface area contributed by atoms with Crippen molar-refractivity contribution >= 4 is 0 Å². The minimum atomic E-state index is -0.605. The summed E-state index contributed by atoms with van der Waals surface area (Å²) in [6.07, 6.45) is -0.539. The molecule has 7 heteroatoms. The molecule has 1 atom stereocenters. The summed E-state index contributed by atoms with van der Waals surface area (Å²) < 4.78 is 27.1. The molecular weight excluding hydrogens is 433 g/mol. The van der Waals surface area contributed by atoms with Gasteiger partial charge in [-0.1, -0.05) is 32.0 Å². The lowest BCUT2D eigenvalue weighted by atomic mass is 10.1. The van der Waals surface area contributed by atoms with Gasteiger partial charge in [0.25, 0.3) is 0 Å². The molecule has 0 aliphatic heterocycles. The van der Waals surface area contributed by atoms with Gasteiger partial charge in [0.2, 0.25) is 5.88 Å². The highest BCUT2D eigenvalue weighted by atomic mass is 19.1. The Kier molecular flexibility index (Phi) is 9.21. The number of benzene rings is 2. The van der Waals surface area contributed by atoms with Crippen molar-refractivity contribution in [1.29, 1.82) is 0 Å². The summed E-state index contributed by atoms with van der Waals surface area (Å²) in [6.45, 7) is 12.3. The first-order valence-corrected chi connectivity index (χ1v) is 11.8. The van der Waals surface area contributed by atoms with E-state index in [0.717, 1.165) is 23.5 Å². The molecule has 0 aliphatic rings. The maximum absolute atomic E-state index is 13.5. The van der Waals surface area contributed by atoms with Crippen molar-refractivity contribution in [3.8, 4) is 17.3 Å². The molecule has 3 aromatic rings. The van der Waals surface area contributed by atoms with Gasteiger partial charge in [0.1, 0.15) is 11.6 Å². The first-order chi connectivity index (χ1) is 16.2. The molecule has 1 aromatic heterocycles. The second-order valence-electron chi connectivity index (χ2n) is 9.30. The molecule has 0 radical (unpaired) electrons. The Labute approximate surface area is 201 Å². The smallest absolute Gasteiger partial charge is 0.227 e. The fourth-order valence-electron chi connectivity index (χ4n) is 3.78. The van der Waals surface area contributed by atoms with Crippen LogP contribution in [0.15, 0.2) is 54.6 Å². The second kappa shape index (κ2) is 12.1. The Balaban J connectivity index is 1.94. The van der Waals surface area contributed by atoms with Crippen LogP contribution in [0.1, 0.15) is 39.0 Å². The van der Waals surface area contributed by atoms with Gasteiger partial charge in [-0.3, -0.25) is 4.90 Å². The first kappa shape index (κ1) is 25.9. The van der Waals surface area contributed by atoms with Gasteiger partial charge in [0, 0.05) is 19.6 Å². The summed E-state index contributed by atoms with van der Waals surface area (Å²) >= 11 is 0. The number of halogens is 1. The topological polar surface area (TPSA) is 59.8 Å². The van der Waals surface area contributed by atoms with Crippen LogP contribution in [0.2, 0.25) is 0 Å². The lowest BCUT2D eigenvalue weighted by molar-refractivity contribution is -0.0109. The molecule has 0 spiro atoms. The van der Waals surface area contributed by atoms with E-state index in [-0.39, 0.29) is 18.5 Å². The number of aryl methyl sites for hydroxylation is 1. The summed E-state index contributed by atoms with van der Waals surface area (Å²) in [6, 6.07) is 15.7. The van der Waals surface area contributed by atoms with Gasteiger partial charge >= 0.3 is 0 Å². The van der Waals surface area contributed by atoms with Gasteiger partial charge in [0.15, 0.2) is 0 Å². The predicted octanol–water partition coefficient (Wildman–Crippen LogP) is 5.36. The normalized spacial score (nSPS) is 12.6. The number of aromatic nitrogens is 2. The molecule has 34 heavy (non-hydrogen) atoms. The van der Waals surface area contributed by atoms with E-state index >= 15 is 0 Å². The summed E-state index contributed by atoms with van der Waals surface area (Å²) in [7, 11) is 0. The van der Waals surface area contributed by atoms with E-state index in [1.54, 1.807) is 16.8 Å². The summed E-state index contributed by atoms with van der Waals surface area (Å²) in [5.74, 6) is 1.20. The van der Waals surface area contributed by atoms with Crippen LogP contribution in [0.5, 0.6) is 11.6 Å². The standard InChI is InChI=1S/C27H36FN3O3/c1-19(2)15-30(16-24(32)18-33-20(3)4)17-26-21(5)29-31(23-9-7-6-8-10-23)27(26)34-25-13-11-22(28)12-14-25/h6-14,19-20,24,32H,15-18H2,1-5H3/t24-/m1/s1. The number of nitrogens with zero attached hydrogens (tertiary/aromatic N) is 3. The fourth-order valence-corrected chi connectivity index (χ4v) is 3.78. The number of rotatable bonds is 12. The lowest BCUT2D eigenvalue weighted by Gasteiger charge is -2.27. The molecule has 184 valence electrons. The summed E-state index contributed by atoms with van der Waals surface area (Å²) in [4.78, 5) is 2.20. The molecular formula is C27H36FN3O3. The van der Waals surface area contributed by atoms with Gasteiger partial charge in [-0.2, -0.15) is 5.10 Å². The number of para-hydroxylation sites is 1. The molecule has 0 unspecified atom stereocenters. The maximum atomic E-state index is 13.5. The number of aliphatic hydroxyl groups excluding tert-OH is 1.